The summed E-state index contributed by atoms with van der Waals surface area (Å²) in [5.74, 6) is -0.183. The Balaban J connectivity index is 1.75. The van der Waals surface area contributed by atoms with Crippen molar-refractivity contribution in [2.45, 2.75) is 102 Å². The van der Waals surface area contributed by atoms with E-state index >= 15 is 0 Å². The molecule has 1 heterocycles. The van der Waals surface area contributed by atoms with Crippen molar-refractivity contribution in [1.82, 2.24) is 20.4 Å². The van der Waals surface area contributed by atoms with Crippen LogP contribution in [0.15, 0.2) is 24.3 Å². The molecule has 0 bridgehead atoms. The maximum Gasteiger partial charge on any atom is 0.406 e. The van der Waals surface area contributed by atoms with Gasteiger partial charge in [0.05, 0.1) is 38.4 Å². The molecular formula is C32H51ClN4O6. The van der Waals surface area contributed by atoms with E-state index in [9.17, 15) is 19.5 Å². The summed E-state index contributed by atoms with van der Waals surface area (Å²) in [6.45, 7) is 6.18. The molecule has 1 saturated heterocycles. The van der Waals surface area contributed by atoms with E-state index < -0.39 is 18.2 Å². The number of methoxy groups -OCH3 is 1. The highest BCUT2D eigenvalue weighted by molar-refractivity contribution is 6.30. The number of carbonyl (C=O) groups is 3. The number of hydrogen-bond acceptors (Lipinski definition) is 6. The summed E-state index contributed by atoms with van der Waals surface area (Å²) in [7, 11) is 1.32. The lowest BCUT2D eigenvalue weighted by Crippen LogP contribution is -2.58. The molecule has 2 aliphatic rings. The van der Waals surface area contributed by atoms with E-state index in [1.165, 1.54) is 7.11 Å². The second kappa shape index (κ2) is 18.3. The average Bonchev–Trinajstić information content (AvgIpc) is 3.01. The second-order valence-corrected chi connectivity index (χ2v) is 12.2. The lowest BCUT2D eigenvalue weighted by molar-refractivity contribution is -0.124. The van der Waals surface area contributed by atoms with Crippen molar-refractivity contribution >= 4 is 29.6 Å². The number of piperidine rings is 1. The van der Waals surface area contributed by atoms with Crippen LogP contribution in [0.3, 0.4) is 0 Å². The molecular weight excluding hydrogens is 572 g/mol. The predicted molar refractivity (Wildman–Crippen MR) is 167 cm³/mol. The van der Waals surface area contributed by atoms with Gasteiger partial charge in [-0.2, -0.15) is 0 Å². The van der Waals surface area contributed by atoms with Gasteiger partial charge in [-0.1, -0.05) is 56.3 Å². The predicted octanol–water partition coefficient (Wildman–Crippen LogP) is 5.28. The number of unbranched alkanes of at least 4 members (excludes halogenated alkanes) is 1. The first-order chi connectivity index (χ1) is 20.7. The van der Waals surface area contributed by atoms with Gasteiger partial charge < -0.3 is 35.0 Å². The van der Waals surface area contributed by atoms with Gasteiger partial charge in [-0.25, -0.2) is 9.59 Å². The third-order valence-electron chi connectivity index (χ3n) is 8.62. The third kappa shape index (κ3) is 10.8. The first-order valence-electron chi connectivity index (χ1n) is 16.0. The average molecular weight is 623 g/mol. The molecule has 0 unspecified atom stereocenters. The van der Waals surface area contributed by atoms with E-state index in [2.05, 4.69) is 22.3 Å². The number of benzene rings is 1. The summed E-state index contributed by atoms with van der Waals surface area (Å²) in [6, 6.07) is 7.00. The topological polar surface area (TPSA) is 120 Å². The minimum Gasteiger partial charge on any atom is -0.453 e. The third-order valence-corrected chi connectivity index (χ3v) is 8.85. The standard InChI is InChI=1S/C32H51ClN4O6/c1-4-5-16-34-29(39)21-28(38)23(2)37(27-14-7-6-8-15-27)32(41)36-18-10-12-25(22-36)30(24-11-9-13-26(33)20-24)43-19-17-35-31(40)42-3/h9,11,13,20,23,25,27-28,30,38H,4-8,10,12,14-19,21-22H2,1-3H3,(H,34,39)(H,35,40)/t23-,25+,28-,30-/m0/s1. The van der Waals surface area contributed by atoms with E-state index in [4.69, 9.17) is 16.3 Å². The molecule has 0 aromatic heterocycles. The lowest BCUT2D eigenvalue weighted by atomic mass is 9.88. The van der Waals surface area contributed by atoms with Crippen LogP contribution in [0.2, 0.25) is 5.02 Å². The minimum absolute atomic E-state index is 0.00655. The van der Waals surface area contributed by atoms with Crippen LogP contribution < -0.4 is 10.6 Å². The first-order valence-corrected chi connectivity index (χ1v) is 16.3. The quantitative estimate of drug-likeness (QED) is 0.243. The van der Waals surface area contributed by atoms with Crippen molar-refractivity contribution < 1.29 is 29.0 Å². The fourth-order valence-corrected chi connectivity index (χ4v) is 6.44. The minimum atomic E-state index is -0.960. The Morgan fingerprint density at radius 2 is 1.88 bits per heavy atom. The van der Waals surface area contributed by atoms with Gasteiger partial charge >= 0.3 is 12.1 Å². The number of nitrogens with one attached hydrogen (secondary N) is 2. The van der Waals surface area contributed by atoms with E-state index in [0.29, 0.717) is 24.7 Å². The molecule has 1 aliphatic heterocycles. The zero-order chi connectivity index (χ0) is 31.2. The summed E-state index contributed by atoms with van der Waals surface area (Å²) in [4.78, 5) is 42.1. The van der Waals surface area contributed by atoms with Gasteiger partial charge in [0.1, 0.15) is 0 Å². The van der Waals surface area contributed by atoms with Crippen LogP contribution in [0.4, 0.5) is 9.59 Å². The Bertz CT molecular complexity index is 1020. The highest BCUT2D eigenvalue weighted by Gasteiger charge is 2.39. The van der Waals surface area contributed by atoms with Gasteiger partial charge in [0.2, 0.25) is 5.91 Å². The number of aliphatic hydroxyl groups is 1. The molecule has 1 aliphatic carbocycles. The van der Waals surface area contributed by atoms with Crippen LogP contribution in [0.5, 0.6) is 0 Å². The molecule has 1 aromatic rings. The molecule has 11 heteroatoms. The number of urea groups is 1. The maximum absolute atomic E-state index is 14.3. The second-order valence-electron chi connectivity index (χ2n) is 11.8. The molecule has 242 valence electrons. The molecule has 1 aromatic carbocycles. The van der Waals surface area contributed by atoms with Crippen molar-refractivity contribution in [3.63, 3.8) is 0 Å². The van der Waals surface area contributed by atoms with Gasteiger partial charge in [0, 0.05) is 43.2 Å². The van der Waals surface area contributed by atoms with Crippen LogP contribution in [-0.4, -0.2) is 91.0 Å². The summed E-state index contributed by atoms with van der Waals surface area (Å²) < 4.78 is 11.0. The number of alkyl carbamates (subject to hydrolysis) is 1. The number of hydrogen-bond donors (Lipinski definition) is 3. The van der Waals surface area contributed by atoms with Crippen molar-refractivity contribution in [3.8, 4) is 0 Å². The van der Waals surface area contributed by atoms with Crippen molar-refractivity contribution in [3.05, 3.63) is 34.9 Å². The highest BCUT2D eigenvalue weighted by atomic mass is 35.5. The number of amides is 4. The molecule has 2 fully saturated rings. The monoisotopic (exact) mass is 622 g/mol. The SMILES string of the molecule is CCCCNC(=O)C[C@H](O)[C@H](C)N(C(=O)N1CCC[C@@H]([C@@H](OCCNC(=O)OC)c2cccc(Cl)c2)C1)C1CCCCC1. The fourth-order valence-electron chi connectivity index (χ4n) is 6.24. The summed E-state index contributed by atoms with van der Waals surface area (Å²) in [6.07, 6.45) is 6.73. The highest BCUT2D eigenvalue weighted by Crippen LogP contribution is 2.35. The maximum atomic E-state index is 14.3. The van der Waals surface area contributed by atoms with Crippen LogP contribution in [0.25, 0.3) is 0 Å². The van der Waals surface area contributed by atoms with Crippen LogP contribution in [0, 0.1) is 5.92 Å². The van der Waals surface area contributed by atoms with E-state index in [1.807, 2.05) is 41.0 Å². The summed E-state index contributed by atoms with van der Waals surface area (Å²) in [5, 5.41) is 17.3. The molecule has 1 saturated carbocycles. The molecule has 0 spiro atoms. The smallest absolute Gasteiger partial charge is 0.406 e. The zero-order valence-corrected chi connectivity index (χ0v) is 26.8. The lowest BCUT2D eigenvalue weighted by Gasteiger charge is -2.45. The zero-order valence-electron chi connectivity index (χ0n) is 26.1. The number of rotatable bonds is 14. The van der Waals surface area contributed by atoms with Crippen LogP contribution in [0.1, 0.15) is 89.7 Å². The Hall–Kier alpha value is -2.56. The normalized spacial score (nSPS) is 19.7. The number of carbonyl (C=O) groups excluding carboxylic acids is 3. The number of aliphatic hydroxyl groups excluding tert-OH is 1. The summed E-state index contributed by atoms with van der Waals surface area (Å²) >= 11 is 6.34. The number of halogens is 1. The molecule has 10 nitrogen and oxygen atoms in total. The van der Waals surface area contributed by atoms with Crippen LogP contribution in [-0.2, 0) is 14.3 Å². The number of likely N-dealkylation sites (tertiary alicyclic amines) is 1. The van der Waals surface area contributed by atoms with Gasteiger partial charge in [-0.3, -0.25) is 4.79 Å². The Morgan fingerprint density at radius 3 is 2.58 bits per heavy atom. The number of ether oxygens (including phenoxy) is 2. The molecule has 43 heavy (non-hydrogen) atoms. The Morgan fingerprint density at radius 1 is 1.12 bits per heavy atom. The van der Waals surface area contributed by atoms with Crippen molar-refractivity contribution in [2.24, 2.45) is 5.92 Å². The number of nitrogens with zero attached hydrogens (tertiary/aromatic N) is 2. The van der Waals surface area contributed by atoms with Crippen molar-refractivity contribution in [2.75, 3.05) is 39.9 Å². The molecule has 4 amide bonds. The van der Waals surface area contributed by atoms with E-state index in [1.54, 1.807) is 0 Å². The molecule has 4 atom stereocenters. The Kier molecular flexibility index (Phi) is 14.9. The molecule has 0 radical (unpaired) electrons. The van der Waals surface area contributed by atoms with E-state index in [-0.39, 0.29) is 49.6 Å². The molecule has 3 rings (SSSR count). The van der Waals surface area contributed by atoms with Gasteiger partial charge in [0.15, 0.2) is 0 Å². The van der Waals surface area contributed by atoms with E-state index in [0.717, 1.165) is 63.4 Å². The van der Waals surface area contributed by atoms with Gasteiger partial charge in [-0.15, -0.1) is 0 Å². The summed E-state index contributed by atoms with van der Waals surface area (Å²) in [5.41, 5.74) is 0.923. The van der Waals surface area contributed by atoms with Crippen molar-refractivity contribution in [1.29, 1.82) is 0 Å². The Labute approximate surface area is 261 Å². The largest absolute Gasteiger partial charge is 0.453 e. The first kappa shape index (κ1) is 34.9. The van der Waals surface area contributed by atoms with Crippen LogP contribution >= 0.6 is 11.6 Å². The van der Waals surface area contributed by atoms with Gasteiger partial charge in [-0.05, 0) is 56.7 Å². The fraction of sp³-hybridized carbons (Fsp3) is 0.719. The van der Waals surface area contributed by atoms with Gasteiger partial charge in [0.25, 0.3) is 0 Å². The molecule has 3 N–H and O–H groups in total.